The highest BCUT2D eigenvalue weighted by Crippen LogP contribution is 2.23. The Kier molecular flexibility index (Phi) is 9.73. The number of unbranched alkanes of at least 4 members (excludes halogenated alkanes) is 5. The summed E-state index contributed by atoms with van der Waals surface area (Å²) in [6.07, 6.45) is 11.8. The van der Waals surface area contributed by atoms with E-state index < -0.39 is 0 Å². The van der Waals surface area contributed by atoms with Crippen LogP contribution in [0.2, 0.25) is 0 Å². The van der Waals surface area contributed by atoms with Crippen molar-refractivity contribution in [3.63, 3.8) is 0 Å². The summed E-state index contributed by atoms with van der Waals surface area (Å²) < 4.78 is 0. The Morgan fingerprint density at radius 2 is 1.71 bits per heavy atom. The Balaban J connectivity index is 2.24. The largest absolute Gasteiger partial charge is 0.342 e. The Bertz CT molecular complexity index is 276. The van der Waals surface area contributed by atoms with E-state index in [0.717, 1.165) is 32.0 Å². The Morgan fingerprint density at radius 1 is 1.05 bits per heavy atom. The fourth-order valence-corrected chi connectivity index (χ4v) is 3.42. The SMILES string of the molecule is CCCCCCCCC1CCNC(C(=O)N(CC)CC)C1. The maximum atomic E-state index is 12.4. The molecular weight excluding hydrogens is 260 g/mol. The van der Waals surface area contributed by atoms with Crippen molar-refractivity contribution < 1.29 is 4.79 Å². The number of hydrogen-bond donors (Lipinski definition) is 1. The van der Waals surface area contributed by atoms with E-state index in [9.17, 15) is 4.79 Å². The zero-order chi connectivity index (χ0) is 15.5. The predicted octanol–water partition coefficient (Wildman–Crippen LogP) is 3.97. The third-order valence-corrected chi connectivity index (χ3v) is 4.85. The predicted molar refractivity (Wildman–Crippen MR) is 90.4 cm³/mol. The average Bonchev–Trinajstić information content (AvgIpc) is 2.52. The normalized spacial score (nSPS) is 22.2. The van der Waals surface area contributed by atoms with E-state index in [1.807, 2.05) is 4.90 Å². The number of piperidine rings is 1. The van der Waals surface area contributed by atoms with Gasteiger partial charge in [-0.3, -0.25) is 4.79 Å². The van der Waals surface area contributed by atoms with Crippen molar-refractivity contribution >= 4 is 5.91 Å². The highest BCUT2D eigenvalue weighted by Gasteiger charge is 2.28. The fraction of sp³-hybridized carbons (Fsp3) is 0.944. The summed E-state index contributed by atoms with van der Waals surface area (Å²) in [6, 6.07) is 0.0729. The average molecular weight is 296 g/mol. The van der Waals surface area contributed by atoms with Gasteiger partial charge in [0.25, 0.3) is 0 Å². The molecule has 2 unspecified atom stereocenters. The first-order valence-electron chi connectivity index (χ1n) is 9.25. The van der Waals surface area contributed by atoms with Crippen LogP contribution in [-0.2, 0) is 4.79 Å². The van der Waals surface area contributed by atoms with Gasteiger partial charge >= 0.3 is 0 Å². The van der Waals surface area contributed by atoms with E-state index in [2.05, 4.69) is 26.1 Å². The van der Waals surface area contributed by atoms with Crippen LogP contribution in [0.4, 0.5) is 0 Å². The summed E-state index contributed by atoms with van der Waals surface area (Å²) in [7, 11) is 0. The van der Waals surface area contributed by atoms with Gasteiger partial charge in [0.15, 0.2) is 0 Å². The summed E-state index contributed by atoms with van der Waals surface area (Å²) in [5, 5.41) is 3.43. The molecule has 0 spiro atoms. The van der Waals surface area contributed by atoms with Crippen LogP contribution in [0.5, 0.6) is 0 Å². The number of carbonyl (C=O) groups is 1. The molecule has 21 heavy (non-hydrogen) atoms. The molecule has 1 aliphatic heterocycles. The summed E-state index contributed by atoms with van der Waals surface area (Å²) >= 11 is 0. The standard InChI is InChI=1S/C18H36N2O/c1-4-7-8-9-10-11-12-16-13-14-19-17(15-16)18(21)20(5-2)6-3/h16-17,19H,4-15H2,1-3H3. The molecule has 0 radical (unpaired) electrons. The lowest BCUT2D eigenvalue weighted by atomic mass is 9.87. The molecule has 0 bridgehead atoms. The quantitative estimate of drug-likeness (QED) is 0.619. The van der Waals surface area contributed by atoms with Gasteiger partial charge in [0, 0.05) is 13.1 Å². The second-order valence-corrected chi connectivity index (χ2v) is 6.46. The van der Waals surface area contributed by atoms with Crippen LogP contribution in [-0.4, -0.2) is 36.5 Å². The van der Waals surface area contributed by atoms with Gasteiger partial charge in [0.05, 0.1) is 6.04 Å². The summed E-state index contributed by atoms with van der Waals surface area (Å²) in [6.45, 7) is 9.07. The van der Waals surface area contributed by atoms with E-state index in [1.54, 1.807) is 0 Å². The number of carbonyl (C=O) groups excluding carboxylic acids is 1. The van der Waals surface area contributed by atoms with Crippen LogP contribution < -0.4 is 5.32 Å². The lowest BCUT2D eigenvalue weighted by Crippen LogP contribution is -2.50. The molecule has 1 N–H and O–H groups in total. The fourth-order valence-electron chi connectivity index (χ4n) is 3.42. The first-order chi connectivity index (χ1) is 10.2. The summed E-state index contributed by atoms with van der Waals surface area (Å²) in [4.78, 5) is 14.4. The van der Waals surface area contributed by atoms with Crippen molar-refractivity contribution in [3.8, 4) is 0 Å². The molecule has 1 fully saturated rings. The molecule has 124 valence electrons. The van der Waals surface area contributed by atoms with Gasteiger partial charge in [0.2, 0.25) is 5.91 Å². The molecule has 1 heterocycles. The molecule has 3 heteroatoms. The number of hydrogen-bond acceptors (Lipinski definition) is 2. The highest BCUT2D eigenvalue weighted by molar-refractivity contribution is 5.82. The second-order valence-electron chi connectivity index (χ2n) is 6.46. The van der Waals surface area contributed by atoms with Crippen LogP contribution in [0.3, 0.4) is 0 Å². The number of amides is 1. The smallest absolute Gasteiger partial charge is 0.239 e. The molecule has 1 aliphatic rings. The minimum Gasteiger partial charge on any atom is -0.342 e. The monoisotopic (exact) mass is 296 g/mol. The summed E-state index contributed by atoms with van der Waals surface area (Å²) in [5.74, 6) is 1.06. The third kappa shape index (κ3) is 6.82. The number of nitrogens with one attached hydrogen (secondary N) is 1. The van der Waals surface area contributed by atoms with Crippen LogP contribution in [0.15, 0.2) is 0 Å². The van der Waals surface area contributed by atoms with E-state index in [4.69, 9.17) is 0 Å². The van der Waals surface area contributed by atoms with E-state index in [-0.39, 0.29) is 6.04 Å². The van der Waals surface area contributed by atoms with E-state index in [0.29, 0.717) is 5.91 Å². The van der Waals surface area contributed by atoms with Gasteiger partial charge in [-0.1, -0.05) is 51.9 Å². The van der Waals surface area contributed by atoms with Gasteiger partial charge in [-0.2, -0.15) is 0 Å². The molecule has 1 amide bonds. The Hall–Kier alpha value is -0.570. The first-order valence-corrected chi connectivity index (χ1v) is 9.25. The molecule has 3 nitrogen and oxygen atoms in total. The Morgan fingerprint density at radius 3 is 2.38 bits per heavy atom. The van der Waals surface area contributed by atoms with Crippen molar-refractivity contribution in [1.29, 1.82) is 0 Å². The maximum absolute atomic E-state index is 12.4. The topological polar surface area (TPSA) is 32.3 Å². The molecule has 0 saturated carbocycles. The van der Waals surface area contributed by atoms with Crippen molar-refractivity contribution in [2.24, 2.45) is 5.92 Å². The minimum absolute atomic E-state index is 0.0729. The van der Waals surface area contributed by atoms with Crippen molar-refractivity contribution in [1.82, 2.24) is 10.2 Å². The van der Waals surface area contributed by atoms with Gasteiger partial charge in [-0.05, 0) is 39.2 Å². The molecule has 1 saturated heterocycles. The molecule has 0 aromatic rings. The van der Waals surface area contributed by atoms with E-state index >= 15 is 0 Å². The zero-order valence-corrected chi connectivity index (χ0v) is 14.5. The summed E-state index contributed by atoms with van der Waals surface area (Å²) in [5.41, 5.74) is 0. The van der Waals surface area contributed by atoms with Gasteiger partial charge < -0.3 is 10.2 Å². The lowest BCUT2D eigenvalue weighted by molar-refractivity contribution is -0.134. The molecule has 0 aliphatic carbocycles. The zero-order valence-electron chi connectivity index (χ0n) is 14.5. The maximum Gasteiger partial charge on any atom is 0.239 e. The van der Waals surface area contributed by atoms with Gasteiger partial charge in [0.1, 0.15) is 0 Å². The van der Waals surface area contributed by atoms with Crippen LogP contribution in [0, 0.1) is 5.92 Å². The van der Waals surface area contributed by atoms with Crippen LogP contribution >= 0.6 is 0 Å². The molecule has 0 aromatic carbocycles. The van der Waals surface area contributed by atoms with Crippen LogP contribution in [0.25, 0.3) is 0 Å². The van der Waals surface area contributed by atoms with E-state index in [1.165, 1.54) is 51.4 Å². The number of rotatable bonds is 10. The third-order valence-electron chi connectivity index (χ3n) is 4.85. The van der Waals surface area contributed by atoms with Crippen molar-refractivity contribution in [2.75, 3.05) is 19.6 Å². The highest BCUT2D eigenvalue weighted by atomic mass is 16.2. The molecule has 2 atom stereocenters. The second kappa shape index (κ2) is 11.1. The first kappa shape index (κ1) is 18.5. The van der Waals surface area contributed by atoms with Gasteiger partial charge in [-0.25, -0.2) is 0 Å². The van der Waals surface area contributed by atoms with Crippen LogP contribution in [0.1, 0.15) is 78.6 Å². The number of likely N-dealkylation sites (N-methyl/N-ethyl adjacent to an activating group) is 1. The molecular formula is C18H36N2O. The lowest BCUT2D eigenvalue weighted by Gasteiger charge is -2.33. The van der Waals surface area contributed by atoms with Crippen molar-refractivity contribution in [3.05, 3.63) is 0 Å². The van der Waals surface area contributed by atoms with Gasteiger partial charge in [-0.15, -0.1) is 0 Å². The Labute approximate surface area is 131 Å². The molecule has 1 rings (SSSR count). The minimum atomic E-state index is 0.0729. The number of nitrogens with zero attached hydrogens (tertiary/aromatic N) is 1. The van der Waals surface area contributed by atoms with Crippen molar-refractivity contribution in [2.45, 2.75) is 84.6 Å². The molecule has 0 aromatic heterocycles.